The highest BCUT2D eigenvalue weighted by Crippen LogP contribution is 2.23. The Morgan fingerprint density at radius 3 is 2.75 bits per heavy atom. The minimum absolute atomic E-state index is 0.106. The number of ether oxygens (including phenoxy) is 1. The first-order valence-corrected chi connectivity index (χ1v) is 8.14. The lowest BCUT2D eigenvalue weighted by Gasteiger charge is -2.12. The third-order valence-electron chi connectivity index (χ3n) is 3.00. The third kappa shape index (κ3) is 4.60. The number of hydrogen-bond donors (Lipinski definition) is 2. The average Bonchev–Trinajstić information content (AvgIpc) is 2.57. The Balaban J connectivity index is 1.96. The molecule has 1 aromatic carbocycles. The van der Waals surface area contributed by atoms with Crippen LogP contribution in [0.5, 0.6) is 5.75 Å². The van der Waals surface area contributed by atoms with Crippen LogP contribution in [-0.4, -0.2) is 27.7 Å². The molecule has 8 heteroatoms. The topological polar surface area (TPSA) is 114 Å². The summed E-state index contributed by atoms with van der Waals surface area (Å²) in [4.78, 5) is 20.3. The predicted molar refractivity (Wildman–Crippen MR) is 92.7 cm³/mol. The van der Waals surface area contributed by atoms with Crippen LogP contribution in [0.1, 0.15) is 19.4 Å². The molecule has 3 N–H and O–H groups in total. The molecule has 1 atom stereocenters. The predicted octanol–water partition coefficient (Wildman–Crippen LogP) is 2.45. The lowest BCUT2D eigenvalue weighted by Crippen LogP contribution is -2.22. The van der Waals surface area contributed by atoms with Crippen LogP contribution in [0.25, 0.3) is 0 Å². The largest absolute Gasteiger partial charge is 0.494 e. The maximum atomic E-state index is 12.2. The number of anilines is 2. The summed E-state index contributed by atoms with van der Waals surface area (Å²) < 4.78 is 5.35. The number of rotatable bonds is 6. The van der Waals surface area contributed by atoms with Gasteiger partial charge in [0.25, 0.3) is 0 Å². The molecule has 0 aliphatic carbocycles. The fourth-order valence-electron chi connectivity index (χ4n) is 1.78. The van der Waals surface area contributed by atoms with Crippen LogP contribution in [0, 0.1) is 11.3 Å². The van der Waals surface area contributed by atoms with E-state index in [0.717, 1.165) is 5.75 Å². The van der Waals surface area contributed by atoms with Crippen LogP contribution < -0.4 is 15.8 Å². The summed E-state index contributed by atoms with van der Waals surface area (Å²) in [5.74, 6) is 0.671. The number of carbonyl (C=O) groups is 1. The highest BCUT2D eigenvalue weighted by Gasteiger charge is 2.17. The molecule has 2 aromatic rings. The number of nitriles is 1. The minimum atomic E-state index is -0.427. The maximum Gasteiger partial charge on any atom is 0.237 e. The van der Waals surface area contributed by atoms with Crippen molar-refractivity contribution in [2.45, 2.75) is 24.3 Å². The van der Waals surface area contributed by atoms with E-state index in [0.29, 0.717) is 17.5 Å². The van der Waals surface area contributed by atoms with Gasteiger partial charge in [-0.15, -0.1) is 0 Å². The van der Waals surface area contributed by atoms with Gasteiger partial charge in [-0.3, -0.25) is 4.79 Å². The van der Waals surface area contributed by atoms with Gasteiger partial charge in [0.1, 0.15) is 23.2 Å². The lowest BCUT2D eigenvalue weighted by molar-refractivity contribution is -0.115. The Morgan fingerprint density at radius 1 is 1.46 bits per heavy atom. The molecule has 0 aliphatic heterocycles. The number of benzene rings is 1. The molecule has 1 aromatic heterocycles. The van der Waals surface area contributed by atoms with E-state index >= 15 is 0 Å². The molecule has 1 heterocycles. The second-order valence-corrected chi connectivity index (χ2v) is 6.08. The van der Waals surface area contributed by atoms with Crippen LogP contribution in [0.4, 0.5) is 11.5 Å². The summed E-state index contributed by atoms with van der Waals surface area (Å²) in [6, 6.07) is 9.03. The molecule has 7 nitrogen and oxygen atoms in total. The van der Waals surface area contributed by atoms with Crippen LogP contribution in [0.3, 0.4) is 0 Å². The summed E-state index contributed by atoms with van der Waals surface area (Å²) in [6.07, 6.45) is 1.35. The second-order valence-electron chi connectivity index (χ2n) is 4.77. The van der Waals surface area contributed by atoms with Crippen molar-refractivity contribution in [3.8, 4) is 11.8 Å². The van der Waals surface area contributed by atoms with Crippen molar-refractivity contribution in [1.82, 2.24) is 9.97 Å². The molecular formula is C16H17N5O2S. The number of amides is 1. The van der Waals surface area contributed by atoms with E-state index < -0.39 is 5.25 Å². The van der Waals surface area contributed by atoms with Gasteiger partial charge in [0.2, 0.25) is 5.91 Å². The highest BCUT2D eigenvalue weighted by atomic mass is 32.2. The maximum absolute atomic E-state index is 12.2. The number of nitrogens with one attached hydrogen (secondary N) is 1. The Bertz CT molecular complexity index is 758. The van der Waals surface area contributed by atoms with E-state index in [1.807, 2.05) is 13.0 Å². The quantitative estimate of drug-likeness (QED) is 0.611. The highest BCUT2D eigenvalue weighted by molar-refractivity contribution is 8.00. The zero-order chi connectivity index (χ0) is 17.5. The van der Waals surface area contributed by atoms with Crippen molar-refractivity contribution in [2.24, 2.45) is 0 Å². The third-order valence-corrected chi connectivity index (χ3v) is 3.98. The molecule has 124 valence electrons. The van der Waals surface area contributed by atoms with Crippen molar-refractivity contribution in [3.05, 3.63) is 36.0 Å². The number of hydrogen-bond acceptors (Lipinski definition) is 7. The van der Waals surface area contributed by atoms with Gasteiger partial charge in [-0.1, -0.05) is 11.8 Å². The molecule has 0 aliphatic rings. The lowest BCUT2D eigenvalue weighted by atomic mass is 10.3. The van der Waals surface area contributed by atoms with Gasteiger partial charge in [-0.25, -0.2) is 9.97 Å². The normalized spacial score (nSPS) is 11.4. The van der Waals surface area contributed by atoms with E-state index in [-0.39, 0.29) is 17.3 Å². The summed E-state index contributed by atoms with van der Waals surface area (Å²) in [6.45, 7) is 4.24. The average molecular weight is 343 g/mol. The first-order valence-electron chi connectivity index (χ1n) is 7.26. The second kappa shape index (κ2) is 8.17. The molecule has 0 bridgehead atoms. The fraction of sp³-hybridized carbons (Fsp3) is 0.250. The molecule has 1 amide bonds. The Kier molecular flexibility index (Phi) is 5.98. The number of nitrogen functional groups attached to an aromatic ring is 1. The van der Waals surface area contributed by atoms with Crippen LogP contribution in [0.15, 0.2) is 35.6 Å². The number of thioether (sulfide) groups is 1. The summed E-state index contributed by atoms with van der Waals surface area (Å²) in [5, 5.41) is 11.5. The summed E-state index contributed by atoms with van der Waals surface area (Å²) in [5.41, 5.74) is 6.54. The molecule has 2 rings (SSSR count). The number of nitrogens with zero attached hydrogens (tertiary/aromatic N) is 3. The monoisotopic (exact) mass is 343 g/mol. The molecule has 24 heavy (non-hydrogen) atoms. The Morgan fingerprint density at radius 2 is 2.17 bits per heavy atom. The SMILES string of the molecule is CCOc1ccc(NC(=O)[C@H](C)Sc2ncc(C#N)c(N)n2)cc1. The van der Waals surface area contributed by atoms with Crippen LogP contribution in [-0.2, 0) is 4.79 Å². The van der Waals surface area contributed by atoms with Gasteiger partial charge < -0.3 is 15.8 Å². The molecule has 0 unspecified atom stereocenters. The van der Waals surface area contributed by atoms with Gasteiger partial charge in [-0.2, -0.15) is 5.26 Å². The molecule has 0 fully saturated rings. The van der Waals surface area contributed by atoms with Gasteiger partial charge in [0.15, 0.2) is 5.16 Å². The van der Waals surface area contributed by atoms with Crippen LogP contribution >= 0.6 is 11.8 Å². The zero-order valence-electron chi connectivity index (χ0n) is 13.3. The Labute approximate surface area is 144 Å². The Hall–Kier alpha value is -2.79. The van der Waals surface area contributed by atoms with Crippen molar-refractivity contribution >= 4 is 29.2 Å². The fourth-order valence-corrected chi connectivity index (χ4v) is 2.52. The number of carbonyl (C=O) groups excluding carboxylic acids is 1. The van der Waals surface area contributed by atoms with Crippen molar-refractivity contribution in [1.29, 1.82) is 5.26 Å². The van der Waals surface area contributed by atoms with E-state index in [4.69, 9.17) is 15.7 Å². The number of nitrogens with two attached hydrogens (primary N) is 1. The van der Waals surface area contributed by atoms with E-state index in [1.165, 1.54) is 18.0 Å². The molecule has 0 spiro atoms. The number of aromatic nitrogens is 2. The molecular weight excluding hydrogens is 326 g/mol. The van der Waals surface area contributed by atoms with Crippen molar-refractivity contribution < 1.29 is 9.53 Å². The van der Waals surface area contributed by atoms with Gasteiger partial charge >= 0.3 is 0 Å². The minimum Gasteiger partial charge on any atom is -0.494 e. The first-order chi connectivity index (χ1) is 11.5. The van der Waals surface area contributed by atoms with Crippen LogP contribution in [0.2, 0.25) is 0 Å². The van der Waals surface area contributed by atoms with Gasteiger partial charge in [0, 0.05) is 5.69 Å². The summed E-state index contributed by atoms with van der Waals surface area (Å²) in [7, 11) is 0. The zero-order valence-corrected chi connectivity index (χ0v) is 14.1. The molecule has 0 saturated carbocycles. The van der Waals surface area contributed by atoms with E-state index in [1.54, 1.807) is 31.2 Å². The smallest absolute Gasteiger partial charge is 0.237 e. The standard InChI is InChI=1S/C16H17N5O2S/c1-3-23-13-6-4-12(5-7-13)20-15(22)10(2)24-16-19-9-11(8-17)14(18)21-16/h4-7,9-10H,3H2,1-2H3,(H,20,22)(H2,18,19,21)/t10-/m0/s1. The van der Waals surface area contributed by atoms with Gasteiger partial charge in [-0.05, 0) is 38.1 Å². The molecule has 0 radical (unpaired) electrons. The molecule has 0 saturated heterocycles. The van der Waals surface area contributed by atoms with E-state index in [9.17, 15) is 4.79 Å². The van der Waals surface area contributed by atoms with Crippen molar-refractivity contribution in [3.63, 3.8) is 0 Å². The van der Waals surface area contributed by atoms with Crippen molar-refractivity contribution in [2.75, 3.05) is 17.7 Å². The summed E-state index contributed by atoms with van der Waals surface area (Å²) >= 11 is 1.17. The first kappa shape index (κ1) is 17.6. The van der Waals surface area contributed by atoms with Gasteiger partial charge in [0.05, 0.1) is 18.1 Å². The van der Waals surface area contributed by atoms with E-state index in [2.05, 4.69) is 15.3 Å².